The number of aryl methyl sites for hydroxylation is 2. The lowest BCUT2D eigenvalue weighted by atomic mass is 10.1. The molecule has 3 rings (SSSR count). The summed E-state index contributed by atoms with van der Waals surface area (Å²) in [4.78, 5) is 4.73. The van der Waals surface area contributed by atoms with Crippen molar-refractivity contribution in [2.45, 2.75) is 39.5 Å². The van der Waals surface area contributed by atoms with E-state index in [9.17, 15) is 0 Å². The Balaban J connectivity index is 1.70. The largest absolute Gasteiger partial charge is 0.488 e. The van der Waals surface area contributed by atoms with Crippen molar-refractivity contribution in [1.82, 2.24) is 25.4 Å². The molecule has 0 amide bonds. The summed E-state index contributed by atoms with van der Waals surface area (Å²) in [6.45, 7) is 10.8. The van der Waals surface area contributed by atoms with Gasteiger partial charge in [-0.3, -0.25) is 0 Å². The van der Waals surface area contributed by atoms with E-state index < -0.39 is 0 Å². The van der Waals surface area contributed by atoms with E-state index in [1.165, 1.54) is 0 Å². The number of benzene rings is 1. The fraction of sp³-hybridized carbons (Fsp3) is 0.476. The first-order valence-corrected chi connectivity index (χ1v) is 9.88. The predicted molar refractivity (Wildman–Crippen MR) is 113 cm³/mol. The first-order valence-electron chi connectivity index (χ1n) is 9.88. The van der Waals surface area contributed by atoms with Gasteiger partial charge in [-0.25, -0.2) is 4.99 Å². The van der Waals surface area contributed by atoms with Crippen LogP contribution in [0.1, 0.15) is 29.2 Å². The molecule has 29 heavy (non-hydrogen) atoms. The van der Waals surface area contributed by atoms with Gasteiger partial charge in [-0.15, -0.1) is 16.8 Å². The Bertz CT molecular complexity index is 855. The van der Waals surface area contributed by atoms with Crippen molar-refractivity contribution in [3.05, 3.63) is 53.6 Å². The number of hydrogen-bond donors (Lipinski definition) is 2. The second-order valence-corrected chi connectivity index (χ2v) is 7.13. The summed E-state index contributed by atoms with van der Waals surface area (Å²) >= 11 is 0. The van der Waals surface area contributed by atoms with Gasteiger partial charge in [0.25, 0.3) is 0 Å². The topological polar surface area (TPSA) is 85.6 Å². The maximum Gasteiger partial charge on any atom is 0.192 e. The van der Waals surface area contributed by atoms with Crippen LogP contribution >= 0.6 is 0 Å². The van der Waals surface area contributed by atoms with Crippen LogP contribution in [0.15, 0.2) is 35.8 Å². The molecule has 2 N–H and O–H groups in total. The molecule has 1 saturated heterocycles. The molecule has 0 saturated carbocycles. The molecule has 1 aliphatic heterocycles. The van der Waals surface area contributed by atoms with Gasteiger partial charge >= 0.3 is 0 Å². The van der Waals surface area contributed by atoms with Gasteiger partial charge in [-0.2, -0.15) is 0 Å². The quantitative estimate of drug-likeness (QED) is 0.402. The molecular formula is C21H30N6O2. The van der Waals surface area contributed by atoms with E-state index in [2.05, 4.69) is 52.5 Å². The zero-order valence-electron chi connectivity index (χ0n) is 17.4. The van der Waals surface area contributed by atoms with Crippen LogP contribution in [0.25, 0.3) is 0 Å². The van der Waals surface area contributed by atoms with Crippen molar-refractivity contribution in [2.75, 3.05) is 19.8 Å². The second-order valence-electron chi connectivity index (χ2n) is 7.13. The van der Waals surface area contributed by atoms with Crippen LogP contribution in [-0.4, -0.2) is 46.6 Å². The van der Waals surface area contributed by atoms with Gasteiger partial charge in [-0.05, 0) is 25.5 Å². The van der Waals surface area contributed by atoms with E-state index in [1.54, 1.807) is 6.08 Å². The normalized spacial score (nSPS) is 16.7. The highest BCUT2D eigenvalue weighted by Gasteiger charge is 2.18. The number of aliphatic imine (C=N–C) groups is 1. The molecule has 1 aliphatic rings. The Kier molecular flexibility index (Phi) is 7.24. The first kappa shape index (κ1) is 20.9. The maximum atomic E-state index is 6.18. The van der Waals surface area contributed by atoms with Crippen molar-refractivity contribution < 1.29 is 9.47 Å². The number of ether oxygens (including phenoxy) is 2. The SMILES string of the molecule is C=CCNC(=NCc1ccc(C)cc1OC1CCOC1)NCc1nnc(C)n1C. The second kappa shape index (κ2) is 10.1. The van der Waals surface area contributed by atoms with Crippen LogP contribution in [-0.2, 0) is 24.9 Å². The van der Waals surface area contributed by atoms with Crippen LogP contribution in [0, 0.1) is 13.8 Å². The first-order chi connectivity index (χ1) is 14.1. The summed E-state index contributed by atoms with van der Waals surface area (Å²) in [7, 11) is 1.95. The molecule has 1 atom stereocenters. The molecule has 156 valence electrons. The molecule has 0 radical (unpaired) electrons. The van der Waals surface area contributed by atoms with E-state index in [0.717, 1.165) is 41.6 Å². The zero-order valence-corrected chi connectivity index (χ0v) is 17.4. The van der Waals surface area contributed by atoms with Gasteiger partial charge in [0.15, 0.2) is 11.8 Å². The number of nitrogens with one attached hydrogen (secondary N) is 2. The van der Waals surface area contributed by atoms with Crippen LogP contribution in [0.4, 0.5) is 0 Å². The van der Waals surface area contributed by atoms with Crippen LogP contribution in [0.2, 0.25) is 0 Å². The minimum absolute atomic E-state index is 0.107. The van der Waals surface area contributed by atoms with Gasteiger partial charge in [0, 0.05) is 25.6 Å². The minimum atomic E-state index is 0.107. The van der Waals surface area contributed by atoms with E-state index >= 15 is 0 Å². The highest BCUT2D eigenvalue weighted by atomic mass is 16.5. The van der Waals surface area contributed by atoms with Crippen molar-refractivity contribution in [1.29, 1.82) is 0 Å². The molecule has 2 aromatic rings. The molecule has 8 nitrogen and oxygen atoms in total. The van der Waals surface area contributed by atoms with E-state index in [1.807, 2.05) is 18.5 Å². The van der Waals surface area contributed by atoms with Gasteiger partial charge in [-0.1, -0.05) is 18.2 Å². The summed E-state index contributed by atoms with van der Waals surface area (Å²) < 4.78 is 13.6. The summed E-state index contributed by atoms with van der Waals surface area (Å²) in [5.41, 5.74) is 2.20. The van der Waals surface area contributed by atoms with Crippen LogP contribution in [0.5, 0.6) is 5.75 Å². The van der Waals surface area contributed by atoms with E-state index in [-0.39, 0.29) is 6.10 Å². The average Bonchev–Trinajstić information content (AvgIpc) is 3.33. The highest BCUT2D eigenvalue weighted by molar-refractivity contribution is 5.79. The van der Waals surface area contributed by atoms with Crippen molar-refractivity contribution in [3.63, 3.8) is 0 Å². The fourth-order valence-electron chi connectivity index (χ4n) is 2.96. The molecule has 1 aromatic carbocycles. The third-order valence-electron chi connectivity index (χ3n) is 4.82. The van der Waals surface area contributed by atoms with Crippen molar-refractivity contribution >= 4 is 5.96 Å². The monoisotopic (exact) mass is 398 g/mol. The lowest BCUT2D eigenvalue weighted by Gasteiger charge is -2.16. The minimum Gasteiger partial charge on any atom is -0.488 e. The third kappa shape index (κ3) is 5.80. The molecule has 0 bridgehead atoms. The Morgan fingerprint density at radius 1 is 1.38 bits per heavy atom. The summed E-state index contributed by atoms with van der Waals surface area (Å²) in [6, 6.07) is 6.21. The van der Waals surface area contributed by atoms with E-state index in [4.69, 9.17) is 14.5 Å². The number of rotatable bonds is 8. The van der Waals surface area contributed by atoms with E-state index in [0.29, 0.717) is 32.2 Å². The molecule has 1 unspecified atom stereocenters. The van der Waals surface area contributed by atoms with Gasteiger partial charge in [0.1, 0.15) is 17.7 Å². The van der Waals surface area contributed by atoms with Crippen molar-refractivity contribution in [3.8, 4) is 5.75 Å². The smallest absolute Gasteiger partial charge is 0.192 e. The van der Waals surface area contributed by atoms with Gasteiger partial charge in [0.05, 0.1) is 26.3 Å². The molecule has 0 spiro atoms. The Morgan fingerprint density at radius 2 is 2.24 bits per heavy atom. The Labute approximate surface area is 172 Å². The standard InChI is InChI=1S/C21H30N6O2/c1-5-9-22-21(24-13-20-26-25-16(3)27(20)4)23-12-17-7-6-15(2)11-19(17)29-18-8-10-28-14-18/h5-7,11,18H,1,8-10,12-14H2,2-4H3,(H2,22,23,24). The Morgan fingerprint density at radius 3 is 2.93 bits per heavy atom. The van der Waals surface area contributed by atoms with Gasteiger partial charge in [0.2, 0.25) is 0 Å². The third-order valence-corrected chi connectivity index (χ3v) is 4.82. The lowest BCUT2D eigenvalue weighted by molar-refractivity contribution is 0.140. The summed E-state index contributed by atoms with van der Waals surface area (Å²) in [5.74, 6) is 3.27. The van der Waals surface area contributed by atoms with Crippen molar-refractivity contribution in [2.24, 2.45) is 12.0 Å². The highest BCUT2D eigenvalue weighted by Crippen LogP contribution is 2.24. The molecular weight excluding hydrogens is 368 g/mol. The zero-order chi connectivity index (χ0) is 20.6. The maximum absolute atomic E-state index is 6.18. The molecule has 1 fully saturated rings. The molecule has 1 aromatic heterocycles. The number of nitrogens with zero attached hydrogens (tertiary/aromatic N) is 4. The number of guanidine groups is 1. The number of aromatic nitrogens is 3. The number of hydrogen-bond acceptors (Lipinski definition) is 5. The molecule has 2 heterocycles. The fourth-order valence-corrected chi connectivity index (χ4v) is 2.96. The Hall–Kier alpha value is -2.87. The molecule has 8 heteroatoms. The van der Waals surface area contributed by atoms with Crippen LogP contribution < -0.4 is 15.4 Å². The average molecular weight is 399 g/mol. The molecule has 0 aliphatic carbocycles. The predicted octanol–water partition coefficient (Wildman–Crippen LogP) is 2.02. The summed E-state index contributed by atoms with van der Waals surface area (Å²) in [6.07, 6.45) is 2.82. The van der Waals surface area contributed by atoms with Crippen LogP contribution in [0.3, 0.4) is 0 Å². The summed E-state index contributed by atoms with van der Waals surface area (Å²) in [5, 5.41) is 14.8. The van der Waals surface area contributed by atoms with Gasteiger partial charge < -0.3 is 24.7 Å². The lowest BCUT2D eigenvalue weighted by Crippen LogP contribution is -2.37.